The Morgan fingerprint density at radius 1 is 1.17 bits per heavy atom. The van der Waals surface area contributed by atoms with Crippen LogP contribution in [-0.4, -0.2) is 18.4 Å². The van der Waals surface area contributed by atoms with Gasteiger partial charge in [0.1, 0.15) is 5.82 Å². The highest BCUT2D eigenvalue weighted by molar-refractivity contribution is 7.91. The molecule has 1 aromatic heterocycles. The van der Waals surface area contributed by atoms with E-state index >= 15 is 0 Å². The van der Waals surface area contributed by atoms with Crippen LogP contribution in [0.3, 0.4) is 0 Å². The summed E-state index contributed by atoms with van der Waals surface area (Å²) in [5, 5.41) is 0. The lowest BCUT2D eigenvalue weighted by atomic mass is 10.1. The Hall–Kier alpha value is -2.34. The molecule has 5 nitrogen and oxygen atoms in total. The fourth-order valence-electron chi connectivity index (χ4n) is 2.56. The van der Waals surface area contributed by atoms with Crippen molar-refractivity contribution in [2.24, 2.45) is 0 Å². The lowest BCUT2D eigenvalue weighted by molar-refractivity contribution is 0.600. The molecule has 0 atom stereocenters. The molecule has 3 aromatic rings. The number of hydrogen-bond donors (Lipinski definition) is 2. The van der Waals surface area contributed by atoms with Crippen LogP contribution in [0, 0.1) is 6.92 Å². The molecule has 0 saturated carbocycles. The lowest BCUT2D eigenvalue weighted by Crippen LogP contribution is -2.15. The van der Waals surface area contributed by atoms with Gasteiger partial charge in [-0.05, 0) is 36.2 Å². The van der Waals surface area contributed by atoms with Crippen LogP contribution in [0.25, 0.3) is 11.0 Å². The molecule has 0 bridgehead atoms. The van der Waals surface area contributed by atoms with Crippen molar-refractivity contribution in [3.05, 3.63) is 59.4 Å². The number of nitrogens with zero attached hydrogens (tertiary/aromatic N) is 1. The maximum Gasteiger partial charge on any atom is 0.236 e. The lowest BCUT2D eigenvalue weighted by Gasteiger charge is -2.09. The number of sulfonamides is 1. The van der Waals surface area contributed by atoms with Crippen molar-refractivity contribution in [3.8, 4) is 0 Å². The van der Waals surface area contributed by atoms with Crippen LogP contribution in [0.5, 0.6) is 0 Å². The van der Waals surface area contributed by atoms with Crippen molar-refractivity contribution in [2.75, 3.05) is 4.72 Å². The van der Waals surface area contributed by atoms with Crippen LogP contribution in [0.2, 0.25) is 0 Å². The third-order valence-corrected chi connectivity index (χ3v) is 5.16. The Kier molecular flexibility index (Phi) is 4.32. The number of aryl methyl sites for hydroxylation is 1. The van der Waals surface area contributed by atoms with E-state index in [4.69, 9.17) is 0 Å². The van der Waals surface area contributed by atoms with Gasteiger partial charge in [0.25, 0.3) is 0 Å². The number of hydrogen-bond acceptors (Lipinski definition) is 3. The van der Waals surface area contributed by atoms with Gasteiger partial charge in [-0.15, -0.1) is 0 Å². The molecule has 0 aliphatic heterocycles. The number of H-pyrrole nitrogens is 1. The average Bonchev–Trinajstić information content (AvgIpc) is 2.92. The molecule has 0 spiro atoms. The third-order valence-electron chi connectivity index (χ3n) is 3.93. The van der Waals surface area contributed by atoms with E-state index in [1.54, 1.807) is 12.1 Å². The quantitative estimate of drug-likeness (QED) is 0.737. The molecule has 0 aliphatic rings. The summed E-state index contributed by atoms with van der Waals surface area (Å²) in [5.41, 5.74) is 3.97. The smallest absolute Gasteiger partial charge is 0.236 e. The van der Waals surface area contributed by atoms with E-state index in [9.17, 15) is 8.42 Å². The third kappa shape index (κ3) is 3.59. The van der Waals surface area contributed by atoms with Gasteiger partial charge in [0.2, 0.25) is 10.0 Å². The Morgan fingerprint density at radius 2 is 1.92 bits per heavy atom. The van der Waals surface area contributed by atoms with E-state index in [2.05, 4.69) is 28.5 Å². The van der Waals surface area contributed by atoms with Crippen LogP contribution >= 0.6 is 0 Å². The Labute approximate surface area is 142 Å². The molecule has 1 heterocycles. The average molecular weight is 343 g/mol. The summed E-state index contributed by atoms with van der Waals surface area (Å²) in [7, 11) is -3.47. The number of aromatic nitrogens is 2. The van der Waals surface area contributed by atoms with Gasteiger partial charge < -0.3 is 4.98 Å². The van der Waals surface area contributed by atoms with Crippen molar-refractivity contribution >= 4 is 26.7 Å². The molecular weight excluding hydrogens is 322 g/mol. The predicted molar refractivity (Wildman–Crippen MR) is 97.6 cm³/mol. The normalized spacial score (nSPS) is 12.0. The number of benzene rings is 2. The van der Waals surface area contributed by atoms with Gasteiger partial charge in [0.05, 0.1) is 22.5 Å². The van der Waals surface area contributed by atoms with Crippen molar-refractivity contribution in [1.29, 1.82) is 0 Å². The van der Waals surface area contributed by atoms with Gasteiger partial charge in [-0.25, -0.2) is 13.4 Å². The second-order valence-electron chi connectivity index (χ2n) is 6.30. The number of imidazole rings is 1. The Bertz CT molecular complexity index is 975. The standard InChI is InChI=1S/C18H21N3O2S/c1-12(2)18-19-16-9-8-15(10-17(16)20-18)21-24(22,23)11-14-7-5-4-6-13(14)3/h4-10,12,21H,11H2,1-3H3,(H,19,20). The van der Waals surface area contributed by atoms with Crippen molar-refractivity contribution in [1.82, 2.24) is 9.97 Å². The molecule has 6 heteroatoms. The molecule has 0 fully saturated rings. The first-order valence-corrected chi connectivity index (χ1v) is 9.54. The minimum absolute atomic E-state index is 0.0437. The molecule has 0 unspecified atom stereocenters. The summed E-state index contributed by atoms with van der Waals surface area (Å²) >= 11 is 0. The summed E-state index contributed by atoms with van der Waals surface area (Å²) in [4.78, 5) is 7.73. The second-order valence-corrected chi connectivity index (χ2v) is 8.02. The first-order chi connectivity index (χ1) is 11.3. The van der Waals surface area contributed by atoms with Crippen LogP contribution in [0.4, 0.5) is 5.69 Å². The molecule has 126 valence electrons. The number of rotatable bonds is 5. The van der Waals surface area contributed by atoms with Gasteiger partial charge in [0.15, 0.2) is 0 Å². The summed E-state index contributed by atoms with van der Waals surface area (Å²) in [6, 6.07) is 12.8. The number of aromatic amines is 1. The maximum atomic E-state index is 12.4. The van der Waals surface area contributed by atoms with Crippen LogP contribution in [-0.2, 0) is 15.8 Å². The fraction of sp³-hybridized carbons (Fsp3) is 0.278. The predicted octanol–water partition coefficient (Wildman–Crippen LogP) is 3.94. The molecule has 24 heavy (non-hydrogen) atoms. The molecule has 0 amide bonds. The molecule has 3 rings (SSSR count). The largest absolute Gasteiger partial charge is 0.342 e. The molecule has 0 aliphatic carbocycles. The van der Waals surface area contributed by atoms with Crippen LogP contribution < -0.4 is 4.72 Å². The highest BCUT2D eigenvalue weighted by atomic mass is 32.2. The molecule has 2 N–H and O–H groups in total. The van der Waals surface area contributed by atoms with E-state index in [0.717, 1.165) is 28.0 Å². The monoisotopic (exact) mass is 343 g/mol. The molecule has 2 aromatic carbocycles. The minimum atomic E-state index is -3.47. The number of nitrogens with one attached hydrogen (secondary N) is 2. The van der Waals surface area contributed by atoms with Gasteiger partial charge in [0, 0.05) is 5.92 Å². The van der Waals surface area contributed by atoms with Crippen molar-refractivity contribution in [2.45, 2.75) is 32.4 Å². The van der Waals surface area contributed by atoms with E-state index in [1.807, 2.05) is 37.3 Å². The summed E-state index contributed by atoms with van der Waals surface area (Å²) < 4.78 is 27.5. The van der Waals surface area contributed by atoms with Gasteiger partial charge in [-0.3, -0.25) is 4.72 Å². The van der Waals surface area contributed by atoms with E-state index in [1.165, 1.54) is 0 Å². The first-order valence-electron chi connectivity index (χ1n) is 7.89. The topological polar surface area (TPSA) is 74.8 Å². The zero-order valence-electron chi connectivity index (χ0n) is 14.0. The van der Waals surface area contributed by atoms with Gasteiger partial charge in [-0.1, -0.05) is 38.1 Å². The van der Waals surface area contributed by atoms with Crippen LogP contribution in [0.1, 0.15) is 36.7 Å². The van der Waals surface area contributed by atoms with Gasteiger partial charge in [-0.2, -0.15) is 0 Å². The molecule has 0 radical (unpaired) electrons. The molecule has 0 saturated heterocycles. The molecular formula is C18H21N3O2S. The van der Waals surface area contributed by atoms with E-state index < -0.39 is 10.0 Å². The van der Waals surface area contributed by atoms with Crippen LogP contribution in [0.15, 0.2) is 42.5 Å². The van der Waals surface area contributed by atoms with Crippen molar-refractivity contribution in [3.63, 3.8) is 0 Å². The minimum Gasteiger partial charge on any atom is -0.342 e. The Morgan fingerprint density at radius 3 is 2.62 bits per heavy atom. The summed E-state index contributed by atoms with van der Waals surface area (Å²) in [5.74, 6) is 1.14. The fourth-order valence-corrected chi connectivity index (χ4v) is 3.85. The highest BCUT2D eigenvalue weighted by Crippen LogP contribution is 2.22. The highest BCUT2D eigenvalue weighted by Gasteiger charge is 2.14. The number of fused-ring (bicyclic) bond motifs is 1. The number of anilines is 1. The summed E-state index contributed by atoms with van der Waals surface area (Å²) in [6.45, 7) is 6.03. The second kappa shape index (κ2) is 6.28. The first kappa shape index (κ1) is 16.5. The SMILES string of the molecule is Cc1ccccc1CS(=O)(=O)Nc1ccc2nc(C(C)C)[nH]c2c1. The zero-order chi connectivity index (χ0) is 17.3. The van der Waals surface area contributed by atoms with Gasteiger partial charge >= 0.3 is 0 Å². The van der Waals surface area contributed by atoms with E-state index in [-0.39, 0.29) is 5.75 Å². The van der Waals surface area contributed by atoms with E-state index in [0.29, 0.717) is 11.6 Å². The van der Waals surface area contributed by atoms with Crippen molar-refractivity contribution < 1.29 is 8.42 Å². The zero-order valence-corrected chi connectivity index (χ0v) is 14.8. The summed E-state index contributed by atoms with van der Waals surface area (Å²) in [6.07, 6.45) is 0. The maximum absolute atomic E-state index is 12.4. The Balaban J connectivity index is 1.84.